The summed E-state index contributed by atoms with van der Waals surface area (Å²) in [7, 11) is 0. The highest BCUT2D eigenvalue weighted by atomic mass is 16.5. The standard InChI is InChI=1S/C34H46N6O6/c1-3-36(4-2)14-9-35-27-23-26-28-24(31(41)39(33(26)43)12-5-10-37-15-19-45-20-16-37)7-8-25-29(28)30(27)34(44)40(32(25)42)13-6-11-38-17-21-46-22-18-38/h7-8,23,42H,3-6,9-22H2,1-2H3. The molecular formula is C34H46N6O6. The zero-order valence-electron chi connectivity index (χ0n) is 27.1. The first-order valence-electron chi connectivity index (χ1n) is 16.8. The molecule has 3 aliphatic heterocycles. The van der Waals surface area contributed by atoms with E-state index >= 15 is 0 Å². The Kier molecular flexibility index (Phi) is 10.3. The number of aromatic hydroxyl groups is 1. The predicted octanol–water partition coefficient (Wildman–Crippen LogP) is 1.05. The Morgan fingerprint density at radius 1 is 0.761 bits per heavy atom. The fraction of sp³-hybridized carbons (Fsp3) is 0.588. The number of aromatic nitrogens is 2. The second-order valence-electron chi connectivity index (χ2n) is 12.3. The predicted molar refractivity (Wildman–Crippen MR) is 179 cm³/mol. The van der Waals surface area contributed by atoms with E-state index in [1.54, 1.807) is 18.2 Å². The summed E-state index contributed by atoms with van der Waals surface area (Å²) in [4.78, 5) is 53.8. The summed E-state index contributed by atoms with van der Waals surface area (Å²) in [6, 6.07) is 5.09. The van der Waals surface area contributed by atoms with Crippen LogP contribution in [0.5, 0.6) is 5.88 Å². The molecule has 2 aromatic rings. The molecule has 4 aliphatic rings. The average Bonchev–Trinajstić information content (AvgIpc) is 3.08. The van der Waals surface area contributed by atoms with Crippen LogP contribution in [0.15, 0.2) is 37.6 Å². The Bertz CT molecular complexity index is 1840. The van der Waals surface area contributed by atoms with Gasteiger partial charge in [0.2, 0.25) is 5.88 Å². The van der Waals surface area contributed by atoms with Gasteiger partial charge in [-0.3, -0.25) is 38.3 Å². The van der Waals surface area contributed by atoms with Gasteiger partial charge in [-0.1, -0.05) is 13.8 Å². The number of likely N-dealkylation sites (N-methyl/N-ethyl adjacent to an activating group) is 1. The summed E-state index contributed by atoms with van der Waals surface area (Å²) in [5.74, 6) is -0.148. The third-order valence-electron chi connectivity index (χ3n) is 9.68. The molecule has 1 aromatic heterocycles. The number of pyridine rings is 2. The molecule has 2 saturated heterocycles. The van der Waals surface area contributed by atoms with E-state index < -0.39 is 0 Å². The van der Waals surface area contributed by atoms with Crippen molar-refractivity contribution in [3.05, 3.63) is 54.6 Å². The topological polar surface area (TPSA) is 122 Å². The second kappa shape index (κ2) is 14.6. The van der Waals surface area contributed by atoms with Gasteiger partial charge in [0.05, 0.1) is 49.3 Å². The molecule has 0 unspecified atom stereocenters. The fourth-order valence-electron chi connectivity index (χ4n) is 7.00. The lowest BCUT2D eigenvalue weighted by Gasteiger charge is -2.26. The van der Waals surface area contributed by atoms with Crippen molar-refractivity contribution in [3.63, 3.8) is 0 Å². The quantitative estimate of drug-likeness (QED) is 0.215. The molecule has 0 saturated carbocycles. The summed E-state index contributed by atoms with van der Waals surface area (Å²) >= 11 is 0. The van der Waals surface area contributed by atoms with Gasteiger partial charge < -0.3 is 19.5 Å². The van der Waals surface area contributed by atoms with Gasteiger partial charge in [0, 0.05) is 80.6 Å². The van der Waals surface area contributed by atoms with Crippen molar-refractivity contribution in [2.45, 2.75) is 39.8 Å². The third-order valence-corrected chi connectivity index (χ3v) is 9.68. The number of morpholine rings is 2. The van der Waals surface area contributed by atoms with Crippen LogP contribution >= 0.6 is 0 Å². The first-order valence-corrected chi connectivity index (χ1v) is 16.8. The SMILES string of the molecule is CCN(CC)CCN=c1cc2c(=O)n(CCCN3CCOCC3)c(=O)c3ccc4c(O)n(CCCN5CCOCC5)c(=O)c1c4c3-2. The minimum atomic E-state index is -0.386. The van der Waals surface area contributed by atoms with E-state index in [0.717, 1.165) is 52.4 Å². The number of nitrogens with zero attached hydrogens (tertiary/aromatic N) is 6. The van der Waals surface area contributed by atoms with Crippen molar-refractivity contribution in [2.24, 2.45) is 4.99 Å². The van der Waals surface area contributed by atoms with Gasteiger partial charge in [-0.15, -0.1) is 0 Å². The molecule has 46 heavy (non-hydrogen) atoms. The van der Waals surface area contributed by atoms with E-state index in [4.69, 9.17) is 14.5 Å². The van der Waals surface area contributed by atoms with Crippen molar-refractivity contribution in [1.82, 2.24) is 23.8 Å². The average molecular weight is 635 g/mol. The van der Waals surface area contributed by atoms with E-state index in [-0.39, 0.29) is 22.6 Å². The van der Waals surface area contributed by atoms with Crippen molar-refractivity contribution in [3.8, 4) is 17.0 Å². The van der Waals surface area contributed by atoms with E-state index in [1.165, 1.54) is 9.13 Å². The number of ether oxygens (including phenoxy) is 2. The second-order valence-corrected chi connectivity index (χ2v) is 12.3. The van der Waals surface area contributed by atoms with Crippen molar-refractivity contribution < 1.29 is 14.6 Å². The van der Waals surface area contributed by atoms with Crippen LogP contribution in [-0.4, -0.2) is 121 Å². The number of rotatable bonds is 13. The lowest BCUT2D eigenvalue weighted by Crippen LogP contribution is -2.39. The van der Waals surface area contributed by atoms with Crippen LogP contribution in [0, 0.1) is 0 Å². The van der Waals surface area contributed by atoms with Gasteiger partial charge in [-0.2, -0.15) is 0 Å². The first-order chi connectivity index (χ1) is 22.4. The maximum atomic E-state index is 14.2. The van der Waals surface area contributed by atoms with Gasteiger partial charge in [0.25, 0.3) is 16.7 Å². The number of hydrogen-bond acceptors (Lipinski definition) is 10. The molecule has 0 atom stereocenters. The zero-order valence-corrected chi connectivity index (χ0v) is 27.1. The Labute approximate surface area is 268 Å². The Morgan fingerprint density at radius 2 is 1.35 bits per heavy atom. The minimum Gasteiger partial charge on any atom is -0.494 e. The van der Waals surface area contributed by atoms with Crippen LogP contribution in [0.3, 0.4) is 0 Å². The maximum Gasteiger partial charge on any atom is 0.263 e. The van der Waals surface area contributed by atoms with Gasteiger partial charge >= 0.3 is 0 Å². The number of benzene rings is 2. The molecule has 0 radical (unpaired) electrons. The molecule has 0 amide bonds. The Hall–Kier alpha value is -3.42. The van der Waals surface area contributed by atoms with E-state index in [9.17, 15) is 19.5 Å². The lowest BCUT2D eigenvalue weighted by atomic mass is 9.90. The highest BCUT2D eigenvalue weighted by Gasteiger charge is 2.27. The summed E-state index contributed by atoms with van der Waals surface area (Å²) in [6.07, 6.45) is 1.33. The molecule has 12 nitrogen and oxygen atoms in total. The van der Waals surface area contributed by atoms with Gasteiger partial charge in [0.15, 0.2) is 0 Å². The Morgan fingerprint density at radius 3 is 1.96 bits per heavy atom. The molecule has 6 rings (SSSR count). The minimum absolute atomic E-state index is 0.148. The van der Waals surface area contributed by atoms with Crippen LogP contribution in [0.25, 0.3) is 32.7 Å². The molecule has 248 valence electrons. The van der Waals surface area contributed by atoms with E-state index in [2.05, 4.69) is 28.5 Å². The van der Waals surface area contributed by atoms with Crippen molar-refractivity contribution in [2.75, 3.05) is 91.9 Å². The van der Waals surface area contributed by atoms with Crippen LogP contribution in [0.2, 0.25) is 0 Å². The monoisotopic (exact) mass is 634 g/mol. The van der Waals surface area contributed by atoms with Crippen molar-refractivity contribution >= 4 is 21.5 Å². The van der Waals surface area contributed by atoms with Crippen LogP contribution in [0.4, 0.5) is 0 Å². The highest BCUT2D eigenvalue weighted by molar-refractivity contribution is 6.15. The van der Waals surface area contributed by atoms with E-state index in [1.807, 2.05) is 0 Å². The summed E-state index contributed by atoms with van der Waals surface area (Å²) in [5, 5.41) is 13.5. The normalized spacial score (nSPS) is 17.4. The molecular weight excluding hydrogens is 588 g/mol. The molecule has 1 aromatic carbocycles. The van der Waals surface area contributed by atoms with Crippen LogP contribution in [-0.2, 0) is 22.6 Å². The molecule has 1 N–H and O–H groups in total. The Balaban J connectivity index is 1.45. The fourth-order valence-corrected chi connectivity index (χ4v) is 7.00. The number of hydrogen-bond donors (Lipinski definition) is 1. The lowest BCUT2D eigenvalue weighted by molar-refractivity contribution is 0.0368. The molecule has 4 heterocycles. The summed E-state index contributed by atoms with van der Waals surface area (Å²) < 4.78 is 13.6. The van der Waals surface area contributed by atoms with Gasteiger partial charge in [0.1, 0.15) is 0 Å². The van der Waals surface area contributed by atoms with Crippen LogP contribution in [0.1, 0.15) is 26.7 Å². The van der Waals surface area contributed by atoms with Gasteiger partial charge in [-0.05, 0) is 44.1 Å². The smallest absolute Gasteiger partial charge is 0.263 e. The maximum absolute atomic E-state index is 14.2. The molecule has 12 heteroatoms. The molecule has 1 aliphatic carbocycles. The van der Waals surface area contributed by atoms with Crippen molar-refractivity contribution in [1.29, 1.82) is 0 Å². The first kappa shape index (κ1) is 32.5. The summed E-state index contributed by atoms with van der Waals surface area (Å²) in [5.41, 5.74) is -0.330. The largest absolute Gasteiger partial charge is 0.494 e. The zero-order chi connectivity index (χ0) is 32.2. The van der Waals surface area contributed by atoms with Gasteiger partial charge in [-0.25, -0.2) is 0 Å². The highest BCUT2D eigenvalue weighted by Crippen LogP contribution is 2.36. The molecule has 0 bridgehead atoms. The van der Waals surface area contributed by atoms with E-state index in [0.29, 0.717) is 103 Å². The summed E-state index contributed by atoms with van der Waals surface area (Å²) in [6.45, 7) is 15.4. The van der Waals surface area contributed by atoms with Crippen LogP contribution < -0.4 is 22.0 Å². The molecule has 0 spiro atoms. The third kappa shape index (κ3) is 6.41. The molecule has 2 fully saturated rings.